The highest BCUT2D eigenvalue weighted by Crippen LogP contribution is 2.20. The van der Waals surface area contributed by atoms with Crippen LogP contribution in [-0.4, -0.2) is 26.3 Å². The van der Waals surface area contributed by atoms with Crippen LogP contribution in [0.25, 0.3) is 0 Å². The van der Waals surface area contributed by atoms with Gasteiger partial charge in [0, 0.05) is 24.5 Å². The third-order valence-corrected chi connectivity index (χ3v) is 3.55. The van der Waals surface area contributed by atoms with Crippen LogP contribution in [0.4, 0.5) is 0 Å². The molecule has 0 aliphatic carbocycles. The summed E-state index contributed by atoms with van der Waals surface area (Å²) in [7, 11) is 0. The van der Waals surface area contributed by atoms with Crippen molar-refractivity contribution in [2.75, 3.05) is 6.54 Å². The highest BCUT2D eigenvalue weighted by Gasteiger charge is 2.09. The lowest BCUT2D eigenvalue weighted by Crippen LogP contribution is -2.12. The van der Waals surface area contributed by atoms with Crippen molar-refractivity contribution in [2.24, 2.45) is 5.73 Å². The molecule has 0 unspecified atom stereocenters. The van der Waals surface area contributed by atoms with Crippen LogP contribution >= 0.6 is 11.8 Å². The summed E-state index contributed by atoms with van der Waals surface area (Å²) >= 11 is 1.64. The number of nitrogens with zero attached hydrogens (tertiary/aromatic N) is 4. The van der Waals surface area contributed by atoms with Crippen LogP contribution in [0, 0.1) is 13.8 Å². The Labute approximate surface area is 111 Å². The normalized spacial score (nSPS) is 10.8. The molecule has 0 saturated carbocycles. The molecule has 6 heteroatoms. The standard InChI is InChI=1S/C12H17N5S/c1-9-4-3-5-11(14-9)8-18-12-16-15-10(2)17(12)7-6-13/h3-5H,6-8,13H2,1-2H3. The van der Waals surface area contributed by atoms with Gasteiger partial charge in [0.05, 0.1) is 5.69 Å². The van der Waals surface area contributed by atoms with E-state index in [1.807, 2.05) is 36.6 Å². The van der Waals surface area contributed by atoms with Gasteiger partial charge in [-0.2, -0.15) is 0 Å². The maximum Gasteiger partial charge on any atom is 0.191 e. The molecule has 18 heavy (non-hydrogen) atoms. The van der Waals surface area contributed by atoms with Gasteiger partial charge < -0.3 is 10.3 Å². The van der Waals surface area contributed by atoms with Crippen LogP contribution in [-0.2, 0) is 12.3 Å². The molecule has 0 aliphatic rings. The van der Waals surface area contributed by atoms with E-state index in [9.17, 15) is 0 Å². The van der Waals surface area contributed by atoms with Gasteiger partial charge in [-0.3, -0.25) is 4.98 Å². The van der Waals surface area contributed by atoms with Crippen LogP contribution < -0.4 is 5.73 Å². The van der Waals surface area contributed by atoms with Gasteiger partial charge in [-0.1, -0.05) is 17.8 Å². The molecule has 0 atom stereocenters. The SMILES string of the molecule is Cc1cccc(CSc2nnc(C)n2CCN)n1. The minimum absolute atomic E-state index is 0.592. The molecule has 0 saturated heterocycles. The van der Waals surface area contributed by atoms with Gasteiger partial charge in [-0.05, 0) is 26.0 Å². The van der Waals surface area contributed by atoms with Gasteiger partial charge in [0.25, 0.3) is 0 Å². The fraction of sp³-hybridized carbons (Fsp3) is 0.417. The summed E-state index contributed by atoms with van der Waals surface area (Å²) in [6.07, 6.45) is 0. The average molecular weight is 263 g/mol. The average Bonchev–Trinajstić information content (AvgIpc) is 2.69. The molecule has 0 aromatic carbocycles. The second-order valence-corrected chi connectivity index (χ2v) is 4.97. The quantitative estimate of drug-likeness (QED) is 0.829. The lowest BCUT2D eigenvalue weighted by atomic mass is 10.3. The van der Waals surface area contributed by atoms with Crippen LogP contribution in [0.3, 0.4) is 0 Å². The summed E-state index contributed by atoms with van der Waals surface area (Å²) in [6.45, 7) is 5.28. The molecule has 96 valence electrons. The molecule has 2 aromatic heterocycles. The summed E-state index contributed by atoms with van der Waals surface area (Å²) in [4.78, 5) is 4.47. The molecule has 0 spiro atoms. The Morgan fingerprint density at radius 3 is 2.83 bits per heavy atom. The third-order valence-electron chi connectivity index (χ3n) is 2.55. The van der Waals surface area contributed by atoms with Gasteiger partial charge in [0.15, 0.2) is 5.16 Å². The molecule has 0 bridgehead atoms. The van der Waals surface area contributed by atoms with Crippen LogP contribution in [0.5, 0.6) is 0 Å². The third kappa shape index (κ3) is 3.08. The summed E-state index contributed by atoms with van der Waals surface area (Å²) in [6, 6.07) is 6.04. The maximum atomic E-state index is 5.59. The minimum Gasteiger partial charge on any atom is -0.329 e. The summed E-state index contributed by atoms with van der Waals surface area (Å²) in [5.74, 6) is 1.70. The molecule has 0 radical (unpaired) electrons. The number of pyridine rings is 1. The van der Waals surface area contributed by atoms with E-state index in [4.69, 9.17) is 5.73 Å². The smallest absolute Gasteiger partial charge is 0.191 e. The molecule has 0 amide bonds. The van der Waals surface area contributed by atoms with E-state index in [0.717, 1.165) is 34.7 Å². The highest BCUT2D eigenvalue weighted by atomic mass is 32.2. The van der Waals surface area contributed by atoms with Gasteiger partial charge in [-0.15, -0.1) is 10.2 Å². The van der Waals surface area contributed by atoms with Crippen molar-refractivity contribution < 1.29 is 0 Å². The first-order valence-electron chi connectivity index (χ1n) is 5.86. The maximum absolute atomic E-state index is 5.59. The highest BCUT2D eigenvalue weighted by molar-refractivity contribution is 7.98. The Morgan fingerprint density at radius 1 is 1.28 bits per heavy atom. The van der Waals surface area contributed by atoms with E-state index < -0.39 is 0 Å². The number of aryl methyl sites for hydroxylation is 2. The zero-order valence-electron chi connectivity index (χ0n) is 10.6. The van der Waals surface area contributed by atoms with Gasteiger partial charge >= 0.3 is 0 Å². The largest absolute Gasteiger partial charge is 0.329 e. The Balaban J connectivity index is 2.06. The van der Waals surface area contributed by atoms with Crippen molar-refractivity contribution >= 4 is 11.8 Å². The number of thioether (sulfide) groups is 1. The number of hydrogen-bond acceptors (Lipinski definition) is 5. The lowest BCUT2D eigenvalue weighted by Gasteiger charge is -2.06. The van der Waals surface area contributed by atoms with Crippen LogP contribution in [0.1, 0.15) is 17.2 Å². The molecule has 5 nitrogen and oxygen atoms in total. The minimum atomic E-state index is 0.592. The van der Waals surface area contributed by atoms with Gasteiger partial charge in [0.2, 0.25) is 0 Å². The van der Waals surface area contributed by atoms with Crippen molar-refractivity contribution in [1.82, 2.24) is 19.7 Å². The van der Waals surface area contributed by atoms with E-state index in [-0.39, 0.29) is 0 Å². The number of aromatic nitrogens is 4. The molecule has 0 fully saturated rings. The molecular formula is C12H17N5S. The monoisotopic (exact) mass is 263 g/mol. The molecule has 2 rings (SSSR count). The lowest BCUT2D eigenvalue weighted by molar-refractivity contribution is 0.627. The first kappa shape index (κ1) is 13.0. The van der Waals surface area contributed by atoms with Crippen LogP contribution in [0.2, 0.25) is 0 Å². The summed E-state index contributed by atoms with van der Waals surface area (Å²) in [5.41, 5.74) is 7.68. The summed E-state index contributed by atoms with van der Waals surface area (Å²) < 4.78 is 2.04. The van der Waals surface area contributed by atoms with E-state index in [1.165, 1.54) is 0 Å². The Kier molecular flexibility index (Phi) is 4.33. The predicted molar refractivity (Wildman–Crippen MR) is 72.3 cm³/mol. The van der Waals surface area contributed by atoms with E-state index in [0.29, 0.717) is 6.54 Å². The van der Waals surface area contributed by atoms with Crippen molar-refractivity contribution in [1.29, 1.82) is 0 Å². The fourth-order valence-corrected chi connectivity index (χ4v) is 2.59. The molecular weight excluding hydrogens is 246 g/mol. The Morgan fingerprint density at radius 2 is 2.11 bits per heavy atom. The molecule has 2 aromatic rings. The van der Waals surface area contributed by atoms with E-state index >= 15 is 0 Å². The number of rotatable bonds is 5. The topological polar surface area (TPSA) is 69.6 Å². The second-order valence-electron chi connectivity index (χ2n) is 4.03. The Bertz CT molecular complexity index is 523. The first-order valence-corrected chi connectivity index (χ1v) is 6.84. The van der Waals surface area contributed by atoms with Gasteiger partial charge in [-0.25, -0.2) is 0 Å². The van der Waals surface area contributed by atoms with Crippen molar-refractivity contribution in [3.63, 3.8) is 0 Å². The second kappa shape index (κ2) is 5.97. The molecule has 2 heterocycles. The number of hydrogen-bond donors (Lipinski definition) is 1. The zero-order chi connectivity index (χ0) is 13.0. The van der Waals surface area contributed by atoms with Crippen molar-refractivity contribution in [3.8, 4) is 0 Å². The molecule has 0 aliphatic heterocycles. The number of nitrogens with two attached hydrogens (primary N) is 1. The van der Waals surface area contributed by atoms with E-state index in [2.05, 4.69) is 15.2 Å². The molecule has 2 N–H and O–H groups in total. The fourth-order valence-electron chi connectivity index (χ4n) is 1.67. The zero-order valence-corrected chi connectivity index (χ0v) is 11.4. The van der Waals surface area contributed by atoms with Crippen LogP contribution in [0.15, 0.2) is 23.4 Å². The van der Waals surface area contributed by atoms with E-state index in [1.54, 1.807) is 11.8 Å². The predicted octanol–water partition coefficient (Wildman–Crippen LogP) is 1.54. The van der Waals surface area contributed by atoms with Crippen molar-refractivity contribution in [3.05, 3.63) is 35.4 Å². The van der Waals surface area contributed by atoms with Gasteiger partial charge in [0.1, 0.15) is 5.82 Å². The first-order chi connectivity index (χ1) is 8.70. The Hall–Kier alpha value is -1.40. The van der Waals surface area contributed by atoms with Crippen molar-refractivity contribution in [2.45, 2.75) is 31.3 Å². The summed E-state index contributed by atoms with van der Waals surface area (Å²) in [5, 5.41) is 9.15.